The summed E-state index contributed by atoms with van der Waals surface area (Å²) in [7, 11) is -2.19. The van der Waals surface area contributed by atoms with Crippen LogP contribution in [-0.4, -0.2) is 48.4 Å². The highest BCUT2D eigenvalue weighted by Gasteiger charge is 2.41. The molecule has 1 fully saturated rings. The van der Waals surface area contributed by atoms with Gasteiger partial charge in [-0.2, -0.15) is 4.31 Å². The number of aromatic nitrogens is 1. The van der Waals surface area contributed by atoms with Gasteiger partial charge in [0.1, 0.15) is 10.6 Å². The molecule has 1 saturated carbocycles. The lowest BCUT2D eigenvalue weighted by molar-refractivity contribution is 0.0690. The zero-order chi connectivity index (χ0) is 25.4. The number of carboxylic acid groups (broad SMARTS) is 1. The quantitative estimate of drug-likeness (QED) is 0.461. The van der Waals surface area contributed by atoms with Crippen molar-refractivity contribution in [2.45, 2.75) is 43.0 Å². The topological polar surface area (TPSA) is 90.8 Å². The molecular formula is C27H28ClN3O4S. The van der Waals surface area contributed by atoms with E-state index in [1.54, 1.807) is 25.2 Å². The Morgan fingerprint density at radius 1 is 1.06 bits per heavy atom. The van der Waals surface area contributed by atoms with Crippen LogP contribution in [0.4, 0.5) is 11.4 Å². The number of nitrogens with zero attached hydrogens (tertiary/aromatic N) is 3. The molecule has 7 nitrogen and oxygen atoms in total. The average Bonchev–Trinajstić information content (AvgIpc) is 2.97. The predicted molar refractivity (Wildman–Crippen MR) is 140 cm³/mol. The molecule has 2 aliphatic rings. The number of para-hydroxylation sites is 1. The monoisotopic (exact) mass is 525 g/mol. The summed E-state index contributed by atoms with van der Waals surface area (Å²) in [6.07, 6.45) is 6.80. The minimum atomic E-state index is -3.87. The number of sulfonamides is 1. The minimum absolute atomic E-state index is 0.137. The molecule has 1 unspecified atom stereocenters. The summed E-state index contributed by atoms with van der Waals surface area (Å²) in [6.45, 7) is 0.519. The molecule has 1 aromatic heterocycles. The first kappa shape index (κ1) is 24.7. The van der Waals surface area contributed by atoms with Crippen LogP contribution >= 0.6 is 11.6 Å². The van der Waals surface area contributed by atoms with Crippen molar-refractivity contribution < 1.29 is 18.3 Å². The summed E-state index contributed by atoms with van der Waals surface area (Å²) in [4.78, 5) is 17.6. The van der Waals surface area contributed by atoms with Gasteiger partial charge in [0, 0.05) is 37.1 Å². The van der Waals surface area contributed by atoms with Gasteiger partial charge in [0.2, 0.25) is 10.0 Å². The average molecular weight is 526 g/mol. The number of hydrogen-bond acceptors (Lipinski definition) is 5. The summed E-state index contributed by atoms with van der Waals surface area (Å²) < 4.78 is 29.7. The molecule has 0 amide bonds. The fourth-order valence-electron chi connectivity index (χ4n) is 5.45. The van der Waals surface area contributed by atoms with Gasteiger partial charge in [0.05, 0.1) is 10.7 Å². The van der Waals surface area contributed by atoms with Crippen molar-refractivity contribution in [3.05, 3.63) is 71.5 Å². The molecule has 0 radical (unpaired) electrons. The number of aromatic carboxylic acids is 1. The van der Waals surface area contributed by atoms with Crippen molar-refractivity contribution in [1.82, 2.24) is 9.29 Å². The fraction of sp³-hybridized carbons (Fsp3) is 0.333. The first-order chi connectivity index (χ1) is 17.3. The molecule has 1 aliphatic heterocycles. The Kier molecular flexibility index (Phi) is 6.76. The normalized spacial score (nSPS) is 20.5. The van der Waals surface area contributed by atoms with E-state index in [4.69, 9.17) is 11.6 Å². The van der Waals surface area contributed by atoms with E-state index in [-0.39, 0.29) is 22.5 Å². The Morgan fingerprint density at radius 2 is 1.78 bits per heavy atom. The van der Waals surface area contributed by atoms with Crippen LogP contribution in [0.15, 0.2) is 65.7 Å². The van der Waals surface area contributed by atoms with Gasteiger partial charge in [-0.1, -0.05) is 49.1 Å². The van der Waals surface area contributed by atoms with Crippen molar-refractivity contribution in [3.63, 3.8) is 0 Å². The number of anilines is 2. The molecule has 188 valence electrons. The molecule has 36 heavy (non-hydrogen) atoms. The van der Waals surface area contributed by atoms with Gasteiger partial charge in [0.25, 0.3) is 0 Å². The van der Waals surface area contributed by atoms with Gasteiger partial charge < -0.3 is 10.0 Å². The van der Waals surface area contributed by atoms with Gasteiger partial charge in [-0.25, -0.2) is 18.2 Å². The maximum atomic E-state index is 14.1. The maximum absolute atomic E-state index is 14.1. The van der Waals surface area contributed by atoms with E-state index in [1.165, 1.54) is 23.0 Å². The number of rotatable bonds is 4. The lowest BCUT2D eigenvalue weighted by atomic mass is 9.83. The molecule has 3 aromatic rings. The van der Waals surface area contributed by atoms with Crippen LogP contribution in [0.3, 0.4) is 0 Å². The van der Waals surface area contributed by atoms with Gasteiger partial charge in [-0.3, -0.25) is 0 Å². The SMILES string of the molecule is CN1C(C2CCCCC2)CN(c2ccccc2)c2cc(Cl)c(-c3ccnc(C(=O)O)c3)cc2S1(=O)=O. The molecular weight excluding hydrogens is 498 g/mol. The molecule has 0 bridgehead atoms. The molecule has 0 spiro atoms. The Labute approximate surface area is 216 Å². The number of hydrogen-bond donors (Lipinski definition) is 1. The van der Waals surface area contributed by atoms with Gasteiger partial charge in [0.15, 0.2) is 0 Å². The van der Waals surface area contributed by atoms with Crippen molar-refractivity contribution in [3.8, 4) is 11.1 Å². The Morgan fingerprint density at radius 3 is 2.47 bits per heavy atom. The number of carboxylic acids is 1. The van der Waals surface area contributed by atoms with Crippen LogP contribution < -0.4 is 4.90 Å². The second-order valence-corrected chi connectivity index (χ2v) is 11.8. The van der Waals surface area contributed by atoms with Gasteiger partial charge >= 0.3 is 5.97 Å². The van der Waals surface area contributed by atoms with Crippen LogP contribution in [0.25, 0.3) is 11.1 Å². The summed E-state index contributed by atoms with van der Waals surface area (Å²) in [6, 6.07) is 15.9. The second kappa shape index (κ2) is 9.84. The molecule has 0 saturated heterocycles. The van der Waals surface area contributed by atoms with Crippen molar-refractivity contribution in [2.75, 3.05) is 18.5 Å². The summed E-state index contributed by atoms with van der Waals surface area (Å²) in [5.41, 5.74) is 2.22. The highest BCUT2D eigenvalue weighted by molar-refractivity contribution is 7.89. The first-order valence-corrected chi connectivity index (χ1v) is 13.9. The minimum Gasteiger partial charge on any atom is -0.477 e. The van der Waals surface area contributed by atoms with E-state index in [0.29, 0.717) is 28.4 Å². The zero-order valence-electron chi connectivity index (χ0n) is 20.0. The van der Waals surface area contributed by atoms with Crippen LogP contribution in [0.5, 0.6) is 0 Å². The fourth-order valence-corrected chi connectivity index (χ4v) is 7.32. The van der Waals surface area contributed by atoms with Crippen molar-refractivity contribution in [2.24, 2.45) is 5.92 Å². The third-order valence-corrected chi connectivity index (χ3v) is 9.61. The molecule has 9 heteroatoms. The molecule has 1 N–H and O–H groups in total. The number of benzene rings is 2. The van der Waals surface area contributed by atoms with E-state index in [9.17, 15) is 18.3 Å². The maximum Gasteiger partial charge on any atom is 0.354 e. The van der Waals surface area contributed by atoms with E-state index in [0.717, 1.165) is 31.4 Å². The van der Waals surface area contributed by atoms with E-state index in [1.807, 2.05) is 30.3 Å². The lowest BCUT2D eigenvalue weighted by Gasteiger charge is -2.36. The van der Waals surface area contributed by atoms with Crippen LogP contribution in [0.2, 0.25) is 5.02 Å². The highest BCUT2D eigenvalue weighted by atomic mass is 35.5. The third kappa shape index (κ3) is 4.49. The second-order valence-electron chi connectivity index (χ2n) is 9.47. The summed E-state index contributed by atoms with van der Waals surface area (Å²) in [5.74, 6) is -0.895. The number of halogens is 1. The van der Waals surface area contributed by atoms with E-state index >= 15 is 0 Å². The smallest absolute Gasteiger partial charge is 0.354 e. The first-order valence-electron chi connectivity index (χ1n) is 12.1. The molecule has 2 heterocycles. The van der Waals surface area contributed by atoms with Crippen molar-refractivity contribution in [1.29, 1.82) is 0 Å². The van der Waals surface area contributed by atoms with Crippen molar-refractivity contribution >= 4 is 39.0 Å². The van der Waals surface area contributed by atoms with Gasteiger partial charge in [-0.15, -0.1) is 0 Å². The molecule has 1 aliphatic carbocycles. The molecule has 5 rings (SSSR count). The lowest BCUT2D eigenvalue weighted by Crippen LogP contribution is -2.46. The Balaban J connectivity index is 1.70. The van der Waals surface area contributed by atoms with Crippen LogP contribution in [-0.2, 0) is 10.0 Å². The number of fused-ring (bicyclic) bond motifs is 1. The predicted octanol–water partition coefficient (Wildman–Crippen LogP) is 5.82. The standard InChI is InChI=1S/C27H28ClN3O4S/c1-30-25(18-8-4-2-5-9-18)17-31(20-10-6-3-7-11-20)24-16-22(28)21(15-26(24)36(30,34)35)19-12-13-29-23(14-19)27(32)33/h3,6-7,10-16,18,25H,2,4-5,8-9,17H2,1H3,(H,32,33). The number of likely N-dealkylation sites (N-methyl/N-ethyl adjacent to an activating group) is 1. The number of pyridine rings is 1. The van der Waals surface area contributed by atoms with Gasteiger partial charge in [-0.05, 0) is 60.7 Å². The Hall–Kier alpha value is -2.94. The highest BCUT2D eigenvalue weighted by Crippen LogP contribution is 2.44. The number of carbonyl (C=O) groups is 1. The largest absolute Gasteiger partial charge is 0.477 e. The molecule has 1 atom stereocenters. The van der Waals surface area contributed by atoms with E-state index in [2.05, 4.69) is 9.88 Å². The summed E-state index contributed by atoms with van der Waals surface area (Å²) in [5, 5.41) is 9.72. The van der Waals surface area contributed by atoms with Crippen LogP contribution in [0.1, 0.15) is 42.6 Å². The molecule has 2 aromatic carbocycles. The zero-order valence-corrected chi connectivity index (χ0v) is 21.5. The van der Waals surface area contributed by atoms with E-state index < -0.39 is 16.0 Å². The van der Waals surface area contributed by atoms with Crippen LogP contribution in [0, 0.1) is 5.92 Å². The Bertz CT molecular complexity index is 1390. The third-order valence-electron chi connectivity index (χ3n) is 7.39. The summed E-state index contributed by atoms with van der Waals surface area (Å²) >= 11 is 6.75.